The third-order valence-corrected chi connectivity index (χ3v) is 4.42. The molecule has 1 fully saturated rings. The maximum atomic E-state index is 13.4. The van der Waals surface area contributed by atoms with E-state index < -0.39 is 0 Å². The number of carbonyl (C=O) groups excluding carboxylic acids is 1. The monoisotopic (exact) mass is 342 g/mol. The highest BCUT2D eigenvalue weighted by molar-refractivity contribution is 5.99. The fourth-order valence-corrected chi connectivity index (χ4v) is 3.26. The molecule has 132 valence electrons. The lowest BCUT2D eigenvalue weighted by molar-refractivity contribution is 0.0675. The van der Waals surface area contributed by atoms with Crippen molar-refractivity contribution in [2.45, 2.75) is 12.8 Å². The molecule has 3 rings (SSSR count). The molecule has 0 aliphatic carbocycles. The van der Waals surface area contributed by atoms with Crippen LogP contribution in [-0.4, -0.2) is 42.5 Å². The zero-order valence-electron chi connectivity index (χ0n) is 14.3. The molecule has 2 aromatic rings. The zero-order chi connectivity index (χ0) is 17.6. The molecule has 1 aliphatic rings. The first-order valence-corrected chi connectivity index (χ1v) is 8.59. The minimum Gasteiger partial charge on any atom is -0.339 e. The second-order valence-electron chi connectivity index (χ2n) is 6.35. The normalized spacial score (nSPS) is 17.4. The van der Waals surface area contributed by atoms with Crippen molar-refractivity contribution < 1.29 is 9.18 Å². The molecule has 25 heavy (non-hydrogen) atoms. The fourth-order valence-electron chi connectivity index (χ4n) is 3.26. The van der Waals surface area contributed by atoms with Crippen molar-refractivity contribution in [3.05, 3.63) is 54.0 Å². The highest BCUT2D eigenvalue weighted by atomic mass is 19.1. The predicted molar refractivity (Wildman–Crippen MR) is 96.5 cm³/mol. The maximum Gasteiger partial charge on any atom is 0.257 e. The molecule has 0 saturated carbocycles. The fraction of sp³-hybridized carbons (Fsp3) is 0.368. The number of amides is 1. The van der Waals surface area contributed by atoms with Crippen LogP contribution in [0.15, 0.2) is 42.6 Å². The Kier molecular flexibility index (Phi) is 5.60. The van der Waals surface area contributed by atoms with Gasteiger partial charge in [-0.3, -0.25) is 4.79 Å². The average Bonchev–Trinajstić information content (AvgIpc) is 2.62. The standard InChI is InChI=1S/C19H23FN4O/c1-21-12-14-5-4-10-24(13-14)19(25)17-8-3-9-22-18(17)23-16-7-2-6-15(20)11-16/h2-3,6-9,11,14,21H,4-5,10,12-13H2,1H3,(H,22,23). The van der Waals surface area contributed by atoms with Crippen LogP contribution < -0.4 is 10.6 Å². The molecule has 0 spiro atoms. The number of pyridine rings is 1. The molecule has 0 radical (unpaired) electrons. The predicted octanol–water partition coefficient (Wildman–Crippen LogP) is 3.04. The maximum absolute atomic E-state index is 13.4. The largest absolute Gasteiger partial charge is 0.339 e. The summed E-state index contributed by atoms with van der Waals surface area (Å²) in [6.07, 6.45) is 3.76. The highest BCUT2D eigenvalue weighted by Gasteiger charge is 2.25. The van der Waals surface area contributed by atoms with Crippen LogP contribution in [0.5, 0.6) is 0 Å². The third kappa shape index (κ3) is 4.33. The number of carbonyl (C=O) groups is 1. The summed E-state index contributed by atoms with van der Waals surface area (Å²) in [6.45, 7) is 2.41. The summed E-state index contributed by atoms with van der Waals surface area (Å²) in [5, 5.41) is 6.25. The molecular formula is C19H23FN4O. The molecule has 6 heteroatoms. The number of halogens is 1. The van der Waals surface area contributed by atoms with Crippen LogP contribution in [0.2, 0.25) is 0 Å². The number of aromatic nitrogens is 1. The highest BCUT2D eigenvalue weighted by Crippen LogP contribution is 2.23. The van der Waals surface area contributed by atoms with E-state index >= 15 is 0 Å². The zero-order valence-corrected chi connectivity index (χ0v) is 14.3. The Labute approximate surface area is 147 Å². The Hall–Kier alpha value is -2.47. The Balaban J connectivity index is 1.79. The van der Waals surface area contributed by atoms with Gasteiger partial charge in [0.25, 0.3) is 5.91 Å². The number of hydrogen-bond donors (Lipinski definition) is 2. The van der Waals surface area contributed by atoms with Gasteiger partial charge in [0, 0.05) is 25.0 Å². The second kappa shape index (κ2) is 8.07. The first kappa shape index (κ1) is 17.4. The van der Waals surface area contributed by atoms with Crippen LogP contribution >= 0.6 is 0 Å². The van der Waals surface area contributed by atoms with E-state index in [2.05, 4.69) is 15.6 Å². The number of benzene rings is 1. The molecule has 1 aliphatic heterocycles. The third-order valence-electron chi connectivity index (χ3n) is 4.42. The Morgan fingerprint density at radius 1 is 1.36 bits per heavy atom. The number of nitrogens with zero attached hydrogens (tertiary/aromatic N) is 2. The number of hydrogen-bond acceptors (Lipinski definition) is 4. The van der Waals surface area contributed by atoms with Gasteiger partial charge >= 0.3 is 0 Å². The van der Waals surface area contributed by atoms with Crippen LogP contribution in [0.4, 0.5) is 15.9 Å². The van der Waals surface area contributed by atoms with E-state index in [0.29, 0.717) is 23.0 Å². The molecule has 2 N–H and O–H groups in total. The van der Waals surface area contributed by atoms with Gasteiger partial charge in [0.05, 0.1) is 5.56 Å². The van der Waals surface area contributed by atoms with Crippen molar-refractivity contribution in [2.24, 2.45) is 5.92 Å². The van der Waals surface area contributed by atoms with Crippen LogP contribution in [0.1, 0.15) is 23.2 Å². The molecule has 1 aromatic heterocycles. The SMILES string of the molecule is CNCC1CCCN(C(=O)c2cccnc2Nc2cccc(F)c2)C1. The van der Waals surface area contributed by atoms with Gasteiger partial charge in [-0.15, -0.1) is 0 Å². The van der Waals surface area contributed by atoms with E-state index in [4.69, 9.17) is 0 Å². The Morgan fingerprint density at radius 3 is 3.04 bits per heavy atom. The van der Waals surface area contributed by atoms with Crippen molar-refractivity contribution >= 4 is 17.4 Å². The van der Waals surface area contributed by atoms with Gasteiger partial charge in [-0.25, -0.2) is 9.37 Å². The molecule has 0 bridgehead atoms. The number of likely N-dealkylation sites (tertiary alicyclic amines) is 1. The van der Waals surface area contributed by atoms with E-state index in [9.17, 15) is 9.18 Å². The van der Waals surface area contributed by atoms with Crippen molar-refractivity contribution in [1.82, 2.24) is 15.2 Å². The second-order valence-corrected chi connectivity index (χ2v) is 6.35. The Bertz CT molecular complexity index is 735. The summed E-state index contributed by atoms with van der Waals surface area (Å²) in [4.78, 5) is 19.1. The lowest BCUT2D eigenvalue weighted by atomic mass is 9.97. The number of anilines is 2. The molecule has 1 saturated heterocycles. The van der Waals surface area contributed by atoms with Gasteiger partial charge in [0.2, 0.25) is 0 Å². The average molecular weight is 342 g/mol. The van der Waals surface area contributed by atoms with E-state index in [1.54, 1.807) is 30.5 Å². The minimum atomic E-state index is -0.334. The van der Waals surface area contributed by atoms with Crippen molar-refractivity contribution in [2.75, 3.05) is 32.0 Å². The van der Waals surface area contributed by atoms with Crippen LogP contribution in [0, 0.1) is 11.7 Å². The lowest BCUT2D eigenvalue weighted by Gasteiger charge is -2.33. The van der Waals surface area contributed by atoms with Gasteiger partial charge in [-0.05, 0) is 62.7 Å². The summed E-state index contributed by atoms with van der Waals surface area (Å²) < 4.78 is 13.4. The van der Waals surface area contributed by atoms with Crippen LogP contribution in [-0.2, 0) is 0 Å². The molecule has 2 heterocycles. The smallest absolute Gasteiger partial charge is 0.257 e. The quantitative estimate of drug-likeness (QED) is 0.877. The molecule has 5 nitrogen and oxygen atoms in total. The van der Waals surface area contributed by atoms with Crippen LogP contribution in [0.3, 0.4) is 0 Å². The van der Waals surface area contributed by atoms with Gasteiger partial charge in [-0.2, -0.15) is 0 Å². The summed E-state index contributed by atoms with van der Waals surface area (Å²) in [5.74, 6) is 0.556. The summed E-state index contributed by atoms with van der Waals surface area (Å²) >= 11 is 0. The number of nitrogens with one attached hydrogen (secondary N) is 2. The van der Waals surface area contributed by atoms with Gasteiger partial charge < -0.3 is 15.5 Å². The molecule has 1 aromatic carbocycles. The number of rotatable bonds is 5. The minimum absolute atomic E-state index is 0.0344. The van der Waals surface area contributed by atoms with E-state index in [1.807, 2.05) is 11.9 Å². The van der Waals surface area contributed by atoms with Gasteiger partial charge in [0.1, 0.15) is 11.6 Å². The number of piperidine rings is 1. The first-order chi connectivity index (χ1) is 12.2. The summed E-state index contributed by atoms with van der Waals surface area (Å²) in [5.41, 5.74) is 1.08. The van der Waals surface area contributed by atoms with Gasteiger partial charge in [-0.1, -0.05) is 6.07 Å². The first-order valence-electron chi connectivity index (χ1n) is 8.59. The molecule has 1 unspecified atom stereocenters. The van der Waals surface area contributed by atoms with E-state index in [1.165, 1.54) is 12.1 Å². The topological polar surface area (TPSA) is 57.3 Å². The van der Waals surface area contributed by atoms with E-state index in [0.717, 1.165) is 32.5 Å². The van der Waals surface area contributed by atoms with Crippen LogP contribution in [0.25, 0.3) is 0 Å². The lowest BCUT2D eigenvalue weighted by Crippen LogP contribution is -2.42. The van der Waals surface area contributed by atoms with Crippen molar-refractivity contribution in [3.63, 3.8) is 0 Å². The van der Waals surface area contributed by atoms with Crippen molar-refractivity contribution in [3.8, 4) is 0 Å². The van der Waals surface area contributed by atoms with E-state index in [-0.39, 0.29) is 11.7 Å². The molecule has 1 amide bonds. The summed E-state index contributed by atoms with van der Waals surface area (Å²) in [6, 6.07) is 9.64. The van der Waals surface area contributed by atoms with Gasteiger partial charge in [0.15, 0.2) is 0 Å². The molecular weight excluding hydrogens is 319 g/mol. The molecule has 1 atom stereocenters. The summed E-state index contributed by atoms with van der Waals surface area (Å²) in [7, 11) is 1.93. The van der Waals surface area contributed by atoms with Crippen molar-refractivity contribution in [1.29, 1.82) is 0 Å². The Morgan fingerprint density at radius 2 is 2.24 bits per heavy atom.